The average molecular weight is 233 g/mol. The van der Waals surface area contributed by atoms with E-state index < -0.39 is 0 Å². The molecule has 0 aromatic carbocycles. The Kier molecular flexibility index (Phi) is 4.01. The topological polar surface area (TPSA) is 32.3 Å². The predicted octanol–water partition coefficient (Wildman–Crippen LogP) is 1.42. The Morgan fingerprint density at radius 1 is 1.53 bits per heavy atom. The minimum absolute atomic E-state index is 0. The van der Waals surface area contributed by atoms with Crippen LogP contribution in [0.15, 0.2) is 0 Å². The predicted molar refractivity (Wildman–Crippen MR) is 63.3 cm³/mol. The van der Waals surface area contributed by atoms with Crippen LogP contribution in [0, 0.1) is 5.92 Å². The fourth-order valence-electron chi connectivity index (χ4n) is 2.38. The first kappa shape index (κ1) is 12.8. The smallest absolute Gasteiger partial charge is 0.223 e. The maximum atomic E-state index is 11.9. The molecule has 2 rings (SSSR count). The molecule has 0 bridgehead atoms. The highest BCUT2D eigenvalue weighted by Gasteiger charge is 2.39. The highest BCUT2D eigenvalue weighted by Crippen LogP contribution is 2.31. The molecule has 0 aromatic heterocycles. The molecule has 2 aliphatic heterocycles. The van der Waals surface area contributed by atoms with E-state index in [2.05, 4.69) is 19.2 Å². The zero-order valence-corrected chi connectivity index (χ0v) is 10.4. The van der Waals surface area contributed by atoms with E-state index in [1.54, 1.807) is 0 Å². The summed E-state index contributed by atoms with van der Waals surface area (Å²) in [5.74, 6) is 0.939. The number of amides is 1. The van der Waals surface area contributed by atoms with Crippen molar-refractivity contribution in [2.45, 2.75) is 38.6 Å². The van der Waals surface area contributed by atoms with Crippen molar-refractivity contribution >= 4 is 18.3 Å². The summed E-state index contributed by atoms with van der Waals surface area (Å²) >= 11 is 0. The molecule has 0 saturated carbocycles. The van der Waals surface area contributed by atoms with Crippen LogP contribution in [-0.4, -0.2) is 36.0 Å². The van der Waals surface area contributed by atoms with Crippen LogP contribution in [0.5, 0.6) is 0 Å². The number of nitrogens with zero attached hydrogens (tertiary/aromatic N) is 1. The van der Waals surface area contributed by atoms with E-state index in [4.69, 9.17) is 0 Å². The number of likely N-dealkylation sites (tertiary alicyclic amines) is 1. The van der Waals surface area contributed by atoms with Gasteiger partial charge in [0.25, 0.3) is 0 Å². The second-order valence-corrected chi connectivity index (χ2v) is 5.17. The lowest BCUT2D eigenvalue weighted by Gasteiger charge is -2.48. The van der Waals surface area contributed by atoms with Crippen LogP contribution in [-0.2, 0) is 4.79 Å². The van der Waals surface area contributed by atoms with E-state index in [1.807, 2.05) is 4.90 Å². The van der Waals surface area contributed by atoms with E-state index in [1.165, 1.54) is 6.42 Å². The Balaban J connectivity index is 0.00000112. The highest BCUT2D eigenvalue weighted by molar-refractivity contribution is 5.85. The van der Waals surface area contributed by atoms with Gasteiger partial charge in [-0.15, -0.1) is 12.4 Å². The molecule has 2 heterocycles. The molecule has 15 heavy (non-hydrogen) atoms. The van der Waals surface area contributed by atoms with Crippen molar-refractivity contribution in [2.75, 3.05) is 19.6 Å². The lowest BCUT2D eigenvalue weighted by Crippen LogP contribution is -2.58. The lowest BCUT2D eigenvalue weighted by molar-refractivity contribution is -0.145. The molecule has 3 nitrogen and oxygen atoms in total. The van der Waals surface area contributed by atoms with Crippen LogP contribution in [0.3, 0.4) is 0 Å². The zero-order valence-electron chi connectivity index (χ0n) is 9.58. The third kappa shape index (κ3) is 2.64. The van der Waals surface area contributed by atoms with Crippen LogP contribution < -0.4 is 5.32 Å². The minimum Gasteiger partial charge on any atom is -0.337 e. The normalized spacial score (nSPS) is 28.1. The van der Waals surface area contributed by atoms with Crippen LogP contribution in [0.1, 0.15) is 33.1 Å². The Hall–Kier alpha value is -0.280. The van der Waals surface area contributed by atoms with Gasteiger partial charge >= 0.3 is 0 Å². The first-order valence-corrected chi connectivity index (χ1v) is 5.61. The van der Waals surface area contributed by atoms with Crippen molar-refractivity contribution in [1.82, 2.24) is 10.2 Å². The molecular weight excluding hydrogens is 212 g/mol. The maximum Gasteiger partial charge on any atom is 0.223 e. The molecule has 88 valence electrons. The number of nitrogens with one attached hydrogen (secondary N) is 1. The number of hydrogen-bond donors (Lipinski definition) is 1. The van der Waals surface area contributed by atoms with E-state index in [0.717, 1.165) is 32.5 Å². The molecule has 0 radical (unpaired) electrons. The third-order valence-corrected chi connectivity index (χ3v) is 3.60. The van der Waals surface area contributed by atoms with Gasteiger partial charge in [0.1, 0.15) is 0 Å². The highest BCUT2D eigenvalue weighted by atomic mass is 35.5. The fourth-order valence-corrected chi connectivity index (χ4v) is 2.38. The summed E-state index contributed by atoms with van der Waals surface area (Å²) in [6, 6.07) is 0. The number of carbonyl (C=O) groups excluding carboxylic acids is 1. The fraction of sp³-hybridized carbons (Fsp3) is 0.909. The van der Waals surface area contributed by atoms with Gasteiger partial charge in [0.2, 0.25) is 5.91 Å². The van der Waals surface area contributed by atoms with E-state index in [-0.39, 0.29) is 17.9 Å². The van der Waals surface area contributed by atoms with E-state index >= 15 is 0 Å². The van der Waals surface area contributed by atoms with Gasteiger partial charge in [-0.05, 0) is 45.7 Å². The molecule has 2 fully saturated rings. The molecule has 4 heteroatoms. The maximum absolute atomic E-state index is 11.9. The van der Waals surface area contributed by atoms with Gasteiger partial charge in [0, 0.05) is 18.5 Å². The molecule has 1 atom stereocenters. The summed E-state index contributed by atoms with van der Waals surface area (Å²) in [4.78, 5) is 13.9. The molecule has 2 aliphatic rings. The van der Waals surface area contributed by atoms with Gasteiger partial charge in [-0.1, -0.05) is 0 Å². The Morgan fingerprint density at radius 3 is 2.67 bits per heavy atom. The van der Waals surface area contributed by atoms with Crippen LogP contribution in [0.25, 0.3) is 0 Å². The SMILES string of the molecule is CC1(C)CCN1C(=O)C[C@@H]1CCNC1.Cl. The molecule has 0 unspecified atom stereocenters. The van der Waals surface area contributed by atoms with E-state index in [0.29, 0.717) is 11.8 Å². The van der Waals surface area contributed by atoms with Crippen molar-refractivity contribution in [3.8, 4) is 0 Å². The molecule has 1 N–H and O–H groups in total. The van der Waals surface area contributed by atoms with Gasteiger partial charge in [-0.3, -0.25) is 4.79 Å². The second-order valence-electron chi connectivity index (χ2n) is 5.17. The lowest BCUT2D eigenvalue weighted by atomic mass is 9.87. The second kappa shape index (κ2) is 4.71. The van der Waals surface area contributed by atoms with Crippen molar-refractivity contribution in [1.29, 1.82) is 0 Å². The van der Waals surface area contributed by atoms with E-state index in [9.17, 15) is 4.79 Å². The Labute approximate surface area is 98.0 Å². The first-order valence-electron chi connectivity index (χ1n) is 5.61. The van der Waals surface area contributed by atoms with Gasteiger partial charge in [0.15, 0.2) is 0 Å². The monoisotopic (exact) mass is 232 g/mol. The summed E-state index contributed by atoms with van der Waals surface area (Å²) < 4.78 is 0. The van der Waals surface area contributed by atoms with Gasteiger partial charge in [-0.2, -0.15) is 0 Å². The zero-order chi connectivity index (χ0) is 10.2. The largest absolute Gasteiger partial charge is 0.337 e. The van der Waals surface area contributed by atoms with Crippen LogP contribution in [0.2, 0.25) is 0 Å². The summed E-state index contributed by atoms with van der Waals surface area (Å²) in [6.45, 7) is 7.38. The van der Waals surface area contributed by atoms with Crippen molar-refractivity contribution in [2.24, 2.45) is 5.92 Å². The molecular formula is C11H21ClN2O. The van der Waals surface area contributed by atoms with Gasteiger partial charge in [-0.25, -0.2) is 0 Å². The third-order valence-electron chi connectivity index (χ3n) is 3.60. The van der Waals surface area contributed by atoms with Crippen LogP contribution >= 0.6 is 12.4 Å². The molecule has 2 saturated heterocycles. The van der Waals surface area contributed by atoms with Crippen molar-refractivity contribution in [3.05, 3.63) is 0 Å². The Morgan fingerprint density at radius 2 is 2.27 bits per heavy atom. The molecule has 0 aliphatic carbocycles. The molecule has 0 spiro atoms. The molecule has 0 aromatic rings. The van der Waals surface area contributed by atoms with Crippen LogP contribution in [0.4, 0.5) is 0 Å². The Bertz CT molecular complexity index is 237. The number of carbonyl (C=O) groups is 1. The summed E-state index contributed by atoms with van der Waals surface area (Å²) in [5.41, 5.74) is 0.128. The van der Waals surface area contributed by atoms with Crippen molar-refractivity contribution in [3.63, 3.8) is 0 Å². The minimum atomic E-state index is 0. The first-order chi connectivity index (χ1) is 6.59. The number of rotatable bonds is 2. The average Bonchev–Trinajstić information content (AvgIpc) is 2.55. The van der Waals surface area contributed by atoms with Gasteiger partial charge in [0.05, 0.1) is 0 Å². The summed E-state index contributed by atoms with van der Waals surface area (Å²) in [6.07, 6.45) is 3.07. The summed E-state index contributed by atoms with van der Waals surface area (Å²) in [7, 11) is 0. The standard InChI is InChI=1S/C11H20N2O.ClH/c1-11(2)4-6-13(11)10(14)7-9-3-5-12-8-9;/h9,12H,3-8H2,1-2H3;1H/t9-;/m0./s1. The number of hydrogen-bond acceptors (Lipinski definition) is 2. The summed E-state index contributed by atoms with van der Waals surface area (Å²) in [5, 5.41) is 3.30. The van der Waals surface area contributed by atoms with Gasteiger partial charge < -0.3 is 10.2 Å². The number of halogens is 1. The molecule has 1 amide bonds. The quantitative estimate of drug-likeness (QED) is 0.781. The van der Waals surface area contributed by atoms with Crippen molar-refractivity contribution < 1.29 is 4.79 Å².